The van der Waals surface area contributed by atoms with E-state index in [1.54, 1.807) is 6.92 Å². The van der Waals surface area contributed by atoms with E-state index in [0.717, 1.165) is 36.1 Å². The zero-order valence-corrected chi connectivity index (χ0v) is 15.3. The molecule has 0 bridgehead atoms. The molecule has 0 fully saturated rings. The molecular formula is C18H18N2O5S. The number of rotatable bonds is 4. The van der Waals surface area contributed by atoms with Gasteiger partial charge in [0.05, 0.1) is 17.6 Å². The number of benzene rings is 1. The summed E-state index contributed by atoms with van der Waals surface area (Å²) < 4.78 is 4.89. The lowest BCUT2D eigenvalue weighted by Crippen LogP contribution is -2.15. The molecule has 136 valence electrons. The molecule has 0 aliphatic heterocycles. The minimum atomic E-state index is -0.486. The van der Waals surface area contributed by atoms with Gasteiger partial charge < -0.3 is 10.1 Å². The van der Waals surface area contributed by atoms with Crippen molar-refractivity contribution in [1.82, 2.24) is 0 Å². The highest BCUT2D eigenvalue weighted by Crippen LogP contribution is 2.38. The van der Waals surface area contributed by atoms with Gasteiger partial charge in [-0.3, -0.25) is 14.9 Å². The van der Waals surface area contributed by atoms with Crippen LogP contribution in [0.3, 0.4) is 0 Å². The fourth-order valence-corrected chi connectivity index (χ4v) is 4.42. The van der Waals surface area contributed by atoms with Crippen LogP contribution in [0.1, 0.15) is 49.6 Å². The first-order valence-corrected chi connectivity index (χ1v) is 9.03. The molecule has 0 atom stereocenters. The molecule has 7 nitrogen and oxygen atoms in total. The Balaban J connectivity index is 1.92. The van der Waals surface area contributed by atoms with Crippen LogP contribution < -0.4 is 5.32 Å². The van der Waals surface area contributed by atoms with Crippen molar-refractivity contribution in [2.45, 2.75) is 32.6 Å². The molecule has 1 heterocycles. The third-order valence-electron chi connectivity index (χ3n) is 4.44. The molecule has 0 saturated heterocycles. The largest absolute Gasteiger partial charge is 0.465 e. The van der Waals surface area contributed by atoms with Crippen molar-refractivity contribution in [1.29, 1.82) is 0 Å². The molecule has 1 aliphatic rings. The minimum absolute atomic E-state index is 0.0385. The van der Waals surface area contributed by atoms with Crippen molar-refractivity contribution in [3.63, 3.8) is 0 Å². The van der Waals surface area contributed by atoms with E-state index in [1.165, 1.54) is 36.6 Å². The van der Waals surface area contributed by atoms with Gasteiger partial charge in [-0.1, -0.05) is 0 Å². The molecule has 1 amide bonds. The summed E-state index contributed by atoms with van der Waals surface area (Å²) in [5.41, 5.74) is 2.06. The highest BCUT2D eigenvalue weighted by atomic mass is 32.1. The van der Waals surface area contributed by atoms with Gasteiger partial charge in [-0.25, -0.2) is 4.79 Å². The number of thiophene rings is 1. The van der Waals surface area contributed by atoms with Gasteiger partial charge in [-0.15, -0.1) is 11.3 Å². The standard InChI is InChI=1S/C18H18N2O5S/c1-10-9-11(7-8-13(10)20(23)24)16(21)19-17-15(18(22)25-2)12-5-3-4-6-14(12)26-17/h7-9H,3-6H2,1-2H3,(H,19,21). The Labute approximate surface area is 154 Å². The van der Waals surface area contributed by atoms with Gasteiger partial charge >= 0.3 is 5.97 Å². The number of ether oxygens (including phenoxy) is 1. The lowest BCUT2D eigenvalue weighted by Gasteiger charge is -2.11. The first-order chi connectivity index (χ1) is 12.4. The summed E-state index contributed by atoms with van der Waals surface area (Å²) in [4.78, 5) is 36.3. The molecule has 8 heteroatoms. The van der Waals surface area contributed by atoms with E-state index in [9.17, 15) is 19.7 Å². The van der Waals surface area contributed by atoms with Gasteiger partial charge in [0.15, 0.2) is 0 Å². The predicted octanol–water partition coefficient (Wildman–Crippen LogP) is 3.88. The highest BCUT2D eigenvalue weighted by Gasteiger charge is 2.27. The fourth-order valence-electron chi connectivity index (χ4n) is 3.15. The number of esters is 1. The molecule has 2 aromatic rings. The number of hydrogen-bond acceptors (Lipinski definition) is 6. The Hall–Kier alpha value is -2.74. The van der Waals surface area contributed by atoms with E-state index < -0.39 is 16.8 Å². The monoisotopic (exact) mass is 374 g/mol. The van der Waals surface area contributed by atoms with Crippen LogP contribution in [-0.4, -0.2) is 23.9 Å². The van der Waals surface area contributed by atoms with E-state index in [1.807, 2.05) is 0 Å². The molecular weight excluding hydrogens is 356 g/mol. The summed E-state index contributed by atoms with van der Waals surface area (Å²) >= 11 is 1.40. The number of aryl methyl sites for hydroxylation is 2. The summed E-state index contributed by atoms with van der Waals surface area (Å²) in [7, 11) is 1.32. The topological polar surface area (TPSA) is 98.5 Å². The number of anilines is 1. The molecule has 3 rings (SSSR count). The lowest BCUT2D eigenvalue weighted by atomic mass is 9.95. The van der Waals surface area contributed by atoms with E-state index in [-0.39, 0.29) is 5.69 Å². The number of amides is 1. The second kappa shape index (κ2) is 7.25. The first-order valence-electron chi connectivity index (χ1n) is 8.21. The number of nitrogens with one attached hydrogen (secondary N) is 1. The van der Waals surface area contributed by atoms with Gasteiger partial charge in [0.1, 0.15) is 5.00 Å². The normalized spacial score (nSPS) is 13.0. The third-order valence-corrected chi connectivity index (χ3v) is 5.65. The Morgan fingerprint density at radius 3 is 2.65 bits per heavy atom. The molecule has 0 saturated carbocycles. The zero-order valence-electron chi connectivity index (χ0n) is 14.5. The number of carbonyl (C=O) groups is 2. The molecule has 1 aromatic carbocycles. The number of hydrogen-bond donors (Lipinski definition) is 1. The van der Waals surface area contributed by atoms with Gasteiger partial charge in [0, 0.05) is 22.1 Å². The second-order valence-corrected chi connectivity index (χ2v) is 7.22. The number of nitrogens with zero attached hydrogens (tertiary/aromatic N) is 1. The van der Waals surface area contributed by atoms with E-state index >= 15 is 0 Å². The van der Waals surface area contributed by atoms with Gasteiger partial charge in [-0.05, 0) is 50.3 Å². The van der Waals surface area contributed by atoms with Crippen molar-refractivity contribution in [3.8, 4) is 0 Å². The fraction of sp³-hybridized carbons (Fsp3) is 0.333. The van der Waals surface area contributed by atoms with E-state index in [4.69, 9.17) is 4.74 Å². The molecule has 1 aromatic heterocycles. The maximum atomic E-state index is 12.6. The van der Waals surface area contributed by atoms with Crippen molar-refractivity contribution in [2.75, 3.05) is 12.4 Å². The van der Waals surface area contributed by atoms with E-state index in [0.29, 0.717) is 21.7 Å². The Kier molecular flexibility index (Phi) is 5.03. The van der Waals surface area contributed by atoms with Crippen LogP contribution in [0.15, 0.2) is 18.2 Å². The van der Waals surface area contributed by atoms with Crippen LogP contribution in [0.25, 0.3) is 0 Å². The van der Waals surface area contributed by atoms with Crippen LogP contribution >= 0.6 is 11.3 Å². The van der Waals surface area contributed by atoms with Crippen LogP contribution in [0, 0.1) is 17.0 Å². The van der Waals surface area contributed by atoms with Crippen LogP contribution in [0.5, 0.6) is 0 Å². The summed E-state index contributed by atoms with van der Waals surface area (Å²) in [6.45, 7) is 1.58. The number of methoxy groups -OCH3 is 1. The maximum Gasteiger partial charge on any atom is 0.341 e. The quantitative estimate of drug-likeness (QED) is 0.497. The summed E-state index contributed by atoms with van der Waals surface area (Å²) in [6, 6.07) is 4.19. The summed E-state index contributed by atoms with van der Waals surface area (Å²) in [5, 5.41) is 14.2. The summed E-state index contributed by atoms with van der Waals surface area (Å²) in [5.74, 6) is -0.869. The first kappa shape index (κ1) is 18.1. The van der Waals surface area contributed by atoms with Crippen LogP contribution in [-0.2, 0) is 17.6 Å². The molecule has 0 unspecified atom stereocenters. The SMILES string of the molecule is COC(=O)c1c(NC(=O)c2ccc([N+](=O)[O-])c(C)c2)sc2c1CCCC2. The zero-order chi connectivity index (χ0) is 18.8. The van der Waals surface area contributed by atoms with Crippen LogP contribution in [0.4, 0.5) is 10.7 Å². The van der Waals surface area contributed by atoms with Gasteiger partial charge in [0.25, 0.3) is 11.6 Å². The predicted molar refractivity (Wildman–Crippen MR) is 98.1 cm³/mol. The smallest absolute Gasteiger partial charge is 0.341 e. The minimum Gasteiger partial charge on any atom is -0.465 e. The molecule has 1 aliphatic carbocycles. The summed E-state index contributed by atoms with van der Waals surface area (Å²) in [6.07, 6.45) is 3.74. The Morgan fingerprint density at radius 1 is 1.27 bits per heavy atom. The van der Waals surface area contributed by atoms with Gasteiger partial charge in [0.2, 0.25) is 0 Å². The average molecular weight is 374 g/mol. The lowest BCUT2D eigenvalue weighted by molar-refractivity contribution is -0.385. The average Bonchev–Trinajstić information content (AvgIpc) is 2.98. The molecule has 26 heavy (non-hydrogen) atoms. The third kappa shape index (κ3) is 3.32. The number of nitro groups is 1. The van der Waals surface area contributed by atoms with E-state index in [2.05, 4.69) is 5.32 Å². The maximum absolute atomic E-state index is 12.6. The van der Waals surface area contributed by atoms with Crippen LogP contribution in [0.2, 0.25) is 0 Å². The second-order valence-electron chi connectivity index (χ2n) is 6.12. The Morgan fingerprint density at radius 2 is 2.00 bits per heavy atom. The molecule has 0 spiro atoms. The Bertz CT molecular complexity index is 903. The number of nitro benzene ring substituents is 1. The van der Waals surface area contributed by atoms with Crippen molar-refractivity contribution < 1.29 is 19.2 Å². The number of fused-ring (bicyclic) bond motifs is 1. The molecule has 1 N–H and O–H groups in total. The van der Waals surface area contributed by atoms with Crippen molar-refractivity contribution in [3.05, 3.63) is 55.4 Å². The van der Waals surface area contributed by atoms with Gasteiger partial charge in [-0.2, -0.15) is 0 Å². The number of carbonyl (C=O) groups excluding carboxylic acids is 2. The van der Waals surface area contributed by atoms with Crippen molar-refractivity contribution in [2.24, 2.45) is 0 Å². The highest BCUT2D eigenvalue weighted by molar-refractivity contribution is 7.17. The molecule has 0 radical (unpaired) electrons. The van der Waals surface area contributed by atoms with Crippen molar-refractivity contribution >= 4 is 33.9 Å².